The third-order valence-corrected chi connectivity index (χ3v) is 9.68. The van der Waals surface area contributed by atoms with Gasteiger partial charge in [-0.25, -0.2) is 0 Å². The first-order valence-electron chi connectivity index (χ1n) is 6.36. The zero-order valence-electron chi connectivity index (χ0n) is 11.4. The second kappa shape index (κ2) is 3.76. The number of nitrogens with zero attached hydrogens (tertiary/aromatic N) is 3. The Balaban J connectivity index is 2.06. The van der Waals surface area contributed by atoms with E-state index >= 15 is 0 Å². The van der Waals surface area contributed by atoms with Crippen LogP contribution in [0.25, 0.3) is 0 Å². The van der Waals surface area contributed by atoms with Gasteiger partial charge < -0.3 is 9.80 Å². The molecule has 0 aliphatic carbocycles. The van der Waals surface area contributed by atoms with E-state index in [1.165, 1.54) is 25.2 Å². The van der Waals surface area contributed by atoms with E-state index in [2.05, 4.69) is 48.7 Å². The fraction of sp³-hybridized carbons (Fsp3) is 0.917. The molecule has 0 spiro atoms. The summed E-state index contributed by atoms with van der Waals surface area (Å²) >= 11 is 0. The van der Waals surface area contributed by atoms with Crippen molar-refractivity contribution in [1.82, 2.24) is 9.80 Å². The van der Waals surface area contributed by atoms with Gasteiger partial charge in [-0.05, 0) is 5.04 Å². The maximum Gasteiger partial charge on any atom is 0.196 e. The van der Waals surface area contributed by atoms with Crippen LogP contribution in [0.3, 0.4) is 0 Å². The lowest BCUT2D eigenvalue weighted by molar-refractivity contribution is 0.490. The lowest BCUT2D eigenvalue weighted by Gasteiger charge is -2.40. The fourth-order valence-corrected chi connectivity index (χ4v) is 3.92. The highest BCUT2D eigenvalue weighted by Crippen LogP contribution is 2.36. The van der Waals surface area contributed by atoms with Crippen molar-refractivity contribution >= 4 is 14.0 Å². The highest BCUT2D eigenvalue weighted by Gasteiger charge is 2.40. The Kier molecular flexibility index (Phi) is 2.81. The van der Waals surface area contributed by atoms with Gasteiger partial charge in [0.2, 0.25) is 0 Å². The van der Waals surface area contributed by atoms with E-state index in [1.807, 2.05) is 0 Å². The molecule has 16 heavy (non-hydrogen) atoms. The minimum Gasteiger partial charge on any atom is -0.344 e. The van der Waals surface area contributed by atoms with Crippen LogP contribution in [0.1, 0.15) is 20.8 Å². The molecule has 2 heterocycles. The molecule has 1 saturated heterocycles. The molecule has 4 heteroatoms. The van der Waals surface area contributed by atoms with Gasteiger partial charge in [-0.2, -0.15) is 0 Å². The third kappa shape index (κ3) is 1.99. The molecule has 2 rings (SSSR count). The van der Waals surface area contributed by atoms with Gasteiger partial charge in [0.05, 0.1) is 14.6 Å². The summed E-state index contributed by atoms with van der Waals surface area (Å²) in [4.78, 5) is 9.61. The Hall–Kier alpha value is -0.513. The van der Waals surface area contributed by atoms with Crippen molar-refractivity contribution in [3.8, 4) is 0 Å². The minimum absolute atomic E-state index is 0.472. The molecular weight excluding hydrogens is 214 g/mol. The summed E-state index contributed by atoms with van der Waals surface area (Å²) in [6.07, 6.45) is 1.26. The van der Waals surface area contributed by atoms with Crippen LogP contribution in [-0.2, 0) is 0 Å². The van der Waals surface area contributed by atoms with Crippen LogP contribution in [0, 0.1) is 0 Å². The average Bonchev–Trinajstić information content (AvgIpc) is 2.67. The molecule has 0 saturated carbocycles. The summed E-state index contributed by atoms with van der Waals surface area (Å²) in [6, 6.07) is 0. The molecule has 1 fully saturated rings. The quantitative estimate of drug-likeness (QED) is 0.687. The number of aliphatic imine (C=N–C) groups is 1. The van der Waals surface area contributed by atoms with Crippen LogP contribution >= 0.6 is 0 Å². The van der Waals surface area contributed by atoms with Crippen molar-refractivity contribution in [1.29, 1.82) is 0 Å². The van der Waals surface area contributed by atoms with Crippen molar-refractivity contribution in [3.05, 3.63) is 0 Å². The van der Waals surface area contributed by atoms with Gasteiger partial charge in [0.25, 0.3) is 0 Å². The highest BCUT2D eigenvalue weighted by atomic mass is 28.3. The topological polar surface area (TPSA) is 18.8 Å². The second-order valence-electron chi connectivity index (χ2n) is 6.72. The van der Waals surface area contributed by atoms with Gasteiger partial charge in [-0.1, -0.05) is 33.9 Å². The third-order valence-electron chi connectivity index (χ3n) is 4.45. The van der Waals surface area contributed by atoms with Crippen LogP contribution < -0.4 is 0 Å². The van der Waals surface area contributed by atoms with Crippen LogP contribution in [0.4, 0.5) is 0 Å². The zero-order chi connectivity index (χ0) is 12.0. The number of hydrogen-bond acceptors (Lipinski definition) is 3. The van der Waals surface area contributed by atoms with E-state index in [9.17, 15) is 0 Å². The van der Waals surface area contributed by atoms with E-state index in [1.54, 1.807) is 0 Å². The molecule has 2 aliphatic heterocycles. The SMILES string of the molecule is CC(C)(C)[Si](C)(C)CN1CCN2CCN=C21. The summed E-state index contributed by atoms with van der Waals surface area (Å²) in [7, 11) is -1.21. The van der Waals surface area contributed by atoms with Gasteiger partial charge in [0.15, 0.2) is 5.96 Å². The molecule has 0 aromatic rings. The zero-order valence-corrected chi connectivity index (χ0v) is 12.4. The molecule has 0 aromatic carbocycles. The average molecular weight is 239 g/mol. The summed E-state index contributed by atoms with van der Waals surface area (Å²) in [6.45, 7) is 16.7. The normalized spacial score (nSPS) is 21.4. The molecule has 0 unspecified atom stereocenters. The molecule has 0 radical (unpaired) electrons. The Labute approximate surface area is 101 Å². The van der Waals surface area contributed by atoms with E-state index in [-0.39, 0.29) is 0 Å². The van der Waals surface area contributed by atoms with Gasteiger partial charge in [0.1, 0.15) is 0 Å². The van der Waals surface area contributed by atoms with E-state index in [0.717, 1.165) is 13.1 Å². The van der Waals surface area contributed by atoms with Crippen LogP contribution in [0.15, 0.2) is 4.99 Å². The fourth-order valence-electron chi connectivity index (χ4n) is 2.19. The maximum atomic E-state index is 4.64. The summed E-state index contributed by atoms with van der Waals surface area (Å²) < 4.78 is 0. The molecule has 0 bridgehead atoms. The Morgan fingerprint density at radius 1 is 1.19 bits per heavy atom. The smallest absolute Gasteiger partial charge is 0.196 e. The standard InChI is InChI=1S/C12H25N3Si/c1-12(2,3)16(4,5)10-15-9-8-14-7-6-13-11(14)15/h6-10H2,1-5H3. The van der Waals surface area contributed by atoms with Crippen molar-refractivity contribution in [2.24, 2.45) is 4.99 Å². The molecular formula is C12H25N3Si. The maximum absolute atomic E-state index is 4.64. The predicted molar refractivity (Wildman–Crippen MR) is 72.6 cm³/mol. The lowest BCUT2D eigenvalue weighted by Crippen LogP contribution is -2.50. The molecule has 3 nitrogen and oxygen atoms in total. The van der Waals surface area contributed by atoms with Gasteiger partial charge in [0, 0.05) is 25.8 Å². The lowest BCUT2D eigenvalue weighted by atomic mass is 10.2. The Morgan fingerprint density at radius 2 is 1.88 bits per heavy atom. The largest absolute Gasteiger partial charge is 0.344 e. The predicted octanol–water partition coefficient (Wildman–Crippen LogP) is 2.02. The second-order valence-corrected chi connectivity index (χ2v) is 12.3. The monoisotopic (exact) mass is 239 g/mol. The van der Waals surface area contributed by atoms with E-state index < -0.39 is 8.07 Å². The van der Waals surface area contributed by atoms with E-state index in [4.69, 9.17) is 0 Å². The first-order chi connectivity index (χ1) is 7.31. The van der Waals surface area contributed by atoms with Gasteiger partial charge >= 0.3 is 0 Å². The van der Waals surface area contributed by atoms with Crippen molar-refractivity contribution in [2.75, 3.05) is 32.3 Å². The van der Waals surface area contributed by atoms with Crippen molar-refractivity contribution in [3.63, 3.8) is 0 Å². The summed E-state index contributed by atoms with van der Waals surface area (Å²) in [5, 5.41) is 0.472. The van der Waals surface area contributed by atoms with Crippen LogP contribution in [-0.4, -0.2) is 56.2 Å². The molecule has 0 N–H and O–H groups in total. The summed E-state index contributed by atoms with van der Waals surface area (Å²) in [5.41, 5.74) is 0. The first kappa shape index (κ1) is 12.0. The molecule has 2 aliphatic rings. The number of fused-ring (bicyclic) bond motifs is 1. The van der Waals surface area contributed by atoms with E-state index in [0.29, 0.717) is 5.04 Å². The van der Waals surface area contributed by atoms with Crippen molar-refractivity contribution in [2.45, 2.75) is 38.9 Å². The van der Waals surface area contributed by atoms with Gasteiger partial charge in [-0.3, -0.25) is 4.99 Å². The molecule has 0 aromatic heterocycles. The molecule has 0 amide bonds. The van der Waals surface area contributed by atoms with Crippen molar-refractivity contribution < 1.29 is 0 Å². The summed E-state index contributed by atoms with van der Waals surface area (Å²) in [5.74, 6) is 1.28. The molecule has 92 valence electrons. The number of guanidine groups is 1. The number of rotatable bonds is 2. The molecule has 0 atom stereocenters. The Bertz CT molecular complexity index is 304. The highest BCUT2D eigenvalue weighted by molar-refractivity contribution is 6.80. The van der Waals surface area contributed by atoms with Crippen LogP contribution in [0.2, 0.25) is 18.1 Å². The number of hydrogen-bond donors (Lipinski definition) is 0. The first-order valence-corrected chi connectivity index (χ1v) is 9.56. The van der Waals surface area contributed by atoms with Gasteiger partial charge in [-0.15, -0.1) is 0 Å². The van der Waals surface area contributed by atoms with Crippen LogP contribution in [0.5, 0.6) is 0 Å². The Morgan fingerprint density at radius 3 is 2.50 bits per heavy atom. The minimum atomic E-state index is -1.21.